The van der Waals surface area contributed by atoms with Gasteiger partial charge in [-0.15, -0.1) is 0 Å². The van der Waals surface area contributed by atoms with Crippen molar-refractivity contribution in [3.63, 3.8) is 0 Å². The number of carboxylic acids is 1. The van der Waals surface area contributed by atoms with E-state index in [9.17, 15) is 33.9 Å². The second-order valence-electron chi connectivity index (χ2n) is 17.2. The summed E-state index contributed by atoms with van der Waals surface area (Å²) in [5, 5.41) is 20.1. The van der Waals surface area contributed by atoms with Crippen LogP contribution < -0.4 is 20.7 Å². The molecule has 4 aromatic rings. The van der Waals surface area contributed by atoms with E-state index in [2.05, 4.69) is 41.1 Å². The van der Waals surface area contributed by atoms with E-state index in [-0.39, 0.29) is 31.2 Å². The molecule has 0 aliphatic carbocycles. The van der Waals surface area contributed by atoms with Crippen molar-refractivity contribution in [1.82, 2.24) is 25.8 Å². The number of likely N-dealkylation sites (N-methyl/N-ethyl adjacent to an activating group) is 1. The maximum Gasteiger partial charge on any atom is 0.326 e. The third kappa shape index (κ3) is 11.9. The molecule has 0 radical (unpaired) electrons. The minimum atomic E-state index is -1.26. The average molecular weight is 874 g/mol. The molecule has 1 fully saturated rings. The molecule has 13 nitrogen and oxygen atoms in total. The van der Waals surface area contributed by atoms with Crippen LogP contribution in [0.3, 0.4) is 0 Å². The summed E-state index contributed by atoms with van der Waals surface area (Å²) in [7, 11) is 3.02. The molecule has 4 atom stereocenters. The lowest BCUT2D eigenvalue weighted by Crippen LogP contribution is -2.54. The summed E-state index contributed by atoms with van der Waals surface area (Å²) in [4.78, 5) is 84.0. The van der Waals surface area contributed by atoms with E-state index in [0.29, 0.717) is 53.0 Å². The predicted molar refractivity (Wildman–Crippen MR) is 247 cm³/mol. The molecule has 13 heteroatoms. The van der Waals surface area contributed by atoms with Crippen LogP contribution in [0.1, 0.15) is 118 Å². The summed E-state index contributed by atoms with van der Waals surface area (Å²) < 4.78 is 5.69. The van der Waals surface area contributed by atoms with Gasteiger partial charge < -0.3 is 35.6 Å². The topological polar surface area (TPSA) is 174 Å². The minimum absolute atomic E-state index is 0.00504. The number of carbonyl (C=O) groups is 6. The van der Waals surface area contributed by atoms with E-state index in [0.717, 1.165) is 23.6 Å². The van der Waals surface area contributed by atoms with Crippen molar-refractivity contribution in [3.05, 3.63) is 101 Å². The number of amides is 5. The SMILES string of the molecule is CCCCCCCCCCc1ccc2ccc(C(=O)NCCC(=O)N3CCC[C@H]3C(=O)N(C)[C@@H]3C(=O)N[C@@H](C)C(=O)N[C@H](C(=O)O)Cc4cccc(c4)-c4cc3ccc4OC)cc2c1. The van der Waals surface area contributed by atoms with Gasteiger partial charge in [0.25, 0.3) is 5.91 Å². The van der Waals surface area contributed by atoms with Crippen LogP contribution >= 0.6 is 0 Å². The highest BCUT2D eigenvalue weighted by Gasteiger charge is 2.40. The van der Waals surface area contributed by atoms with Gasteiger partial charge in [0.2, 0.25) is 23.6 Å². The molecule has 4 aromatic carbocycles. The number of ether oxygens (including phenoxy) is 1. The Balaban J connectivity index is 1.12. The lowest BCUT2D eigenvalue weighted by molar-refractivity contribution is -0.147. The summed E-state index contributed by atoms with van der Waals surface area (Å²) in [6.07, 6.45) is 12.1. The van der Waals surface area contributed by atoms with Gasteiger partial charge in [-0.2, -0.15) is 0 Å². The number of methoxy groups -OCH3 is 1. The summed E-state index contributed by atoms with van der Waals surface area (Å²) in [6, 6.07) is 19.8. The number of nitrogens with one attached hydrogen (secondary N) is 3. The summed E-state index contributed by atoms with van der Waals surface area (Å²) in [5.41, 5.74) is 4.15. The standard InChI is InChI=1S/C51H63N5O8/c1-5-6-7-8-9-10-11-12-15-34-19-20-36-21-22-39(31-40(36)28-34)48(59)52-26-25-45(57)56-27-14-18-43(56)50(61)55(3)46-38-23-24-44(64-4)41(32-38)37-17-13-16-35(29-37)30-42(51(62)63)54-47(58)33(2)53-49(46)60/h13,16-17,19-24,28-29,31-33,42-43,46H,5-12,14-15,18,25-27,30H2,1-4H3,(H,52,59)(H,53,60)(H,54,58)(H,62,63)/t33-,42-,43-,46-/m0/s1. The molecule has 2 aliphatic rings. The number of likely N-dealkylation sites (tertiary alicyclic amines) is 1. The first-order valence-electron chi connectivity index (χ1n) is 22.9. The Hall–Kier alpha value is -6.24. The maximum atomic E-state index is 14.4. The minimum Gasteiger partial charge on any atom is -0.496 e. The number of aryl methyl sites for hydroxylation is 1. The Morgan fingerprint density at radius 1 is 0.859 bits per heavy atom. The largest absolute Gasteiger partial charge is 0.496 e. The summed E-state index contributed by atoms with van der Waals surface area (Å²) >= 11 is 0. The highest BCUT2D eigenvalue weighted by molar-refractivity contribution is 5.99. The normalized spacial score (nSPS) is 18.7. The second kappa shape index (κ2) is 22.4. The van der Waals surface area contributed by atoms with Gasteiger partial charge in [-0.25, -0.2) is 4.79 Å². The molecular weight excluding hydrogens is 811 g/mol. The Morgan fingerprint density at radius 3 is 2.36 bits per heavy atom. The third-order valence-electron chi connectivity index (χ3n) is 12.5. The molecule has 1 saturated heterocycles. The van der Waals surface area contributed by atoms with Crippen LogP contribution in [0, 0.1) is 0 Å². The quantitative estimate of drug-likeness (QED) is 0.0811. The molecule has 340 valence electrons. The number of fused-ring (bicyclic) bond motifs is 6. The third-order valence-corrected chi connectivity index (χ3v) is 12.5. The fourth-order valence-corrected chi connectivity index (χ4v) is 8.90. The van der Waals surface area contributed by atoms with E-state index in [4.69, 9.17) is 4.74 Å². The Labute approximate surface area is 376 Å². The highest BCUT2D eigenvalue weighted by atomic mass is 16.5. The van der Waals surface area contributed by atoms with E-state index < -0.39 is 47.9 Å². The molecule has 6 rings (SSSR count). The van der Waals surface area contributed by atoms with Crippen molar-refractivity contribution in [2.45, 2.75) is 121 Å². The van der Waals surface area contributed by atoms with E-state index in [1.165, 1.54) is 81.4 Å². The predicted octanol–water partition coefficient (Wildman–Crippen LogP) is 7.14. The first-order chi connectivity index (χ1) is 30.9. The number of unbranched alkanes of at least 4 members (excludes halogenated alkanes) is 7. The average Bonchev–Trinajstić information content (AvgIpc) is 3.79. The maximum absolute atomic E-state index is 14.4. The molecule has 0 saturated carbocycles. The van der Waals surface area contributed by atoms with Crippen molar-refractivity contribution in [1.29, 1.82) is 0 Å². The number of hydrogen-bond donors (Lipinski definition) is 4. The molecule has 4 bridgehead atoms. The Morgan fingerprint density at radius 2 is 1.61 bits per heavy atom. The zero-order valence-corrected chi connectivity index (χ0v) is 37.6. The van der Waals surface area contributed by atoms with Crippen LogP contribution in [0.25, 0.3) is 21.9 Å². The zero-order chi connectivity index (χ0) is 45.8. The van der Waals surface area contributed by atoms with Gasteiger partial charge >= 0.3 is 5.97 Å². The van der Waals surface area contributed by atoms with Crippen LogP contribution in [0.2, 0.25) is 0 Å². The molecule has 0 spiro atoms. The van der Waals surface area contributed by atoms with Gasteiger partial charge in [-0.1, -0.05) is 106 Å². The van der Waals surface area contributed by atoms with E-state index in [1.54, 1.807) is 36.4 Å². The smallest absolute Gasteiger partial charge is 0.326 e. The van der Waals surface area contributed by atoms with Crippen molar-refractivity contribution >= 4 is 46.3 Å². The molecule has 2 heterocycles. The first kappa shape index (κ1) is 47.2. The molecule has 5 amide bonds. The van der Waals surface area contributed by atoms with Crippen molar-refractivity contribution < 1.29 is 38.6 Å². The molecular formula is C51H63N5O8. The van der Waals surface area contributed by atoms with E-state index >= 15 is 0 Å². The molecule has 2 aliphatic heterocycles. The summed E-state index contributed by atoms with van der Waals surface area (Å²) in [5.74, 6) is -3.14. The second-order valence-corrected chi connectivity index (χ2v) is 17.2. The number of aliphatic carboxylic acids is 1. The van der Waals surface area contributed by atoms with Gasteiger partial charge in [0, 0.05) is 44.1 Å². The van der Waals surface area contributed by atoms with Gasteiger partial charge in [0.15, 0.2) is 0 Å². The highest BCUT2D eigenvalue weighted by Crippen LogP contribution is 2.36. The number of carboxylic acid groups (broad SMARTS) is 1. The van der Waals surface area contributed by atoms with E-state index in [1.807, 2.05) is 24.3 Å². The van der Waals surface area contributed by atoms with Gasteiger partial charge in [-0.3, -0.25) is 24.0 Å². The molecule has 64 heavy (non-hydrogen) atoms. The zero-order valence-electron chi connectivity index (χ0n) is 37.6. The number of hydrogen-bond acceptors (Lipinski definition) is 7. The summed E-state index contributed by atoms with van der Waals surface area (Å²) in [6.45, 7) is 4.10. The molecule has 4 N–H and O–H groups in total. The van der Waals surface area contributed by atoms with Gasteiger partial charge in [-0.05, 0) is 89.9 Å². The Kier molecular flexibility index (Phi) is 16.5. The lowest BCUT2D eigenvalue weighted by Gasteiger charge is -2.33. The van der Waals surface area contributed by atoms with Gasteiger partial charge in [0.05, 0.1) is 7.11 Å². The Bertz CT molecular complexity index is 2330. The fourth-order valence-electron chi connectivity index (χ4n) is 8.90. The lowest BCUT2D eigenvalue weighted by atomic mass is 9.94. The van der Waals surface area contributed by atoms with Crippen LogP contribution in [0.4, 0.5) is 0 Å². The monoisotopic (exact) mass is 873 g/mol. The van der Waals surface area contributed by atoms with Crippen LogP contribution in [-0.2, 0) is 36.8 Å². The number of carbonyl (C=O) groups excluding carboxylic acids is 5. The number of nitrogens with zero attached hydrogens (tertiary/aromatic N) is 2. The van der Waals surface area contributed by atoms with Crippen molar-refractivity contribution in [3.8, 4) is 16.9 Å². The fraction of sp³-hybridized carbons (Fsp3) is 0.451. The molecule has 0 aromatic heterocycles. The van der Waals surface area contributed by atoms with Crippen LogP contribution in [0.15, 0.2) is 78.9 Å². The van der Waals surface area contributed by atoms with Crippen molar-refractivity contribution in [2.75, 3.05) is 27.2 Å². The van der Waals surface area contributed by atoms with Gasteiger partial charge in [0.1, 0.15) is 29.9 Å². The number of benzene rings is 4. The number of rotatable bonds is 17. The van der Waals surface area contributed by atoms with Crippen LogP contribution in [-0.4, -0.2) is 95.8 Å². The molecule has 0 unspecified atom stereocenters. The first-order valence-corrected chi connectivity index (χ1v) is 22.9. The van der Waals surface area contributed by atoms with Crippen LogP contribution in [0.5, 0.6) is 5.75 Å². The van der Waals surface area contributed by atoms with Crippen molar-refractivity contribution in [2.24, 2.45) is 0 Å².